The summed E-state index contributed by atoms with van der Waals surface area (Å²) in [6, 6.07) is 6.04. The molecule has 0 fully saturated rings. The lowest BCUT2D eigenvalue weighted by atomic mass is 10.3. The lowest BCUT2D eigenvalue weighted by Gasteiger charge is -2.03. The van der Waals surface area contributed by atoms with Crippen molar-refractivity contribution >= 4 is 22.2 Å². The summed E-state index contributed by atoms with van der Waals surface area (Å²) >= 11 is 1.54. The molecule has 0 aliphatic heterocycles. The summed E-state index contributed by atoms with van der Waals surface area (Å²) in [5.74, 6) is 0.604. The fraction of sp³-hybridized carbons (Fsp3) is 0.308. The van der Waals surface area contributed by atoms with E-state index in [-0.39, 0.29) is 5.69 Å². The summed E-state index contributed by atoms with van der Waals surface area (Å²) < 4.78 is 5.56. The van der Waals surface area contributed by atoms with Crippen LogP contribution in [0.2, 0.25) is 0 Å². The first-order valence-electron chi connectivity index (χ1n) is 6.25. The second-order valence-electron chi connectivity index (χ2n) is 4.10. The average molecular weight is 293 g/mol. The van der Waals surface area contributed by atoms with E-state index in [2.05, 4.69) is 17.2 Å². The molecule has 0 aliphatic rings. The molecule has 0 bridgehead atoms. The van der Waals surface area contributed by atoms with Crippen molar-refractivity contribution in [2.24, 2.45) is 0 Å². The van der Waals surface area contributed by atoms with Crippen molar-refractivity contribution in [2.45, 2.75) is 20.0 Å². The third-order valence-electron chi connectivity index (χ3n) is 2.51. The molecule has 20 heavy (non-hydrogen) atoms. The molecule has 0 radical (unpaired) electrons. The Bertz CT molecular complexity index is 568. The van der Waals surface area contributed by atoms with Crippen LogP contribution in [0.5, 0.6) is 5.75 Å². The van der Waals surface area contributed by atoms with Crippen molar-refractivity contribution in [1.82, 2.24) is 4.98 Å². The van der Waals surface area contributed by atoms with Crippen LogP contribution in [-0.2, 0) is 6.61 Å². The van der Waals surface area contributed by atoms with Gasteiger partial charge in [-0.15, -0.1) is 0 Å². The maximum Gasteiger partial charge on any atom is 0.269 e. The third-order valence-corrected chi connectivity index (χ3v) is 3.44. The second kappa shape index (κ2) is 6.85. The predicted octanol–water partition coefficient (Wildman–Crippen LogP) is 3.45. The van der Waals surface area contributed by atoms with Crippen LogP contribution < -0.4 is 10.1 Å². The quantitative estimate of drug-likeness (QED) is 0.625. The topological polar surface area (TPSA) is 77.3 Å². The Hall–Kier alpha value is -2.15. The van der Waals surface area contributed by atoms with Crippen LogP contribution in [0, 0.1) is 10.1 Å². The Morgan fingerprint density at radius 1 is 1.40 bits per heavy atom. The minimum Gasteiger partial charge on any atom is -0.488 e. The number of nitro benzene ring substituents is 1. The number of hydrogen-bond acceptors (Lipinski definition) is 6. The molecule has 0 saturated heterocycles. The lowest BCUT2D eigenvalue weighted by Crippen LogP contribution is -1.97. The van der Waals surface area contributed by atoms with Gasteiger partial charge in [0.15, 0.2) is 5.13 Å². The molecule has 0 unspecified atom stereocenters. The normalized spacial score (nSPS) is 10.2. The fourth-order valence-electron chi connectivity index (χ4n) is 1.51. The molecular weight excluding hydrogens is 278 g/mol. The number of benzene rings is 1. The van der Waals surface area contributed by atoms with Gasteiger partial charge >= 0.3 is 0 Å². The molecule has 1 aromatic heterocycles. The molecule has 106 valence electrons. The van der Waals surface area contributed by atoms with E-state index >= 15 is 0 Å². The molecule has 1 aromatic carbocycles. The minimum atomic E-state index is -0.432. The Balaban J connectivity index is 1.88. The molecule has 0 aliphatic carbocycles. The highest BCUT2D eigenvalue weighted by Crippen LogP contribution is 2.22. The highest BCUT2D eigenvalue weighted by atomic mass is 32.1. The second-order valence-corrected chi connectivity index (χ2v) is 5.21. The molecule has 7 heteroatoms. The summed E-state index contributed by atoms with van der Waals surface area (Å²) in [5, 5.41) is 14.6. The molecule has 0 amide bonds. The van der Waals surface area contributed by atoms with Gasteiger partial charge in [0.05, 0.1) is 9.80 Å². The number of thiazole rings is 1. The highest BCUT2D eigenvalue weighted by molar-refractivity contribution is 7.15. The zero-order valence-electron chi connectivity index (χ0n) is 11.0. The fourth-order valence-corrected chi connectivity index (χ4v) is 2.26. The van der Waals surface area contributed by atoms with Crippen molar-refractivity contribution in [3.8, 4) is 5.75 Å². The summed E-state index contributed by atoms with van der Waals surface area (Å²) in [6.45, 7) is 3.40. The molecule has 1 heterocycles. The Kier molecular flexibility index (Phi) is 4.89. The first kappa shape index (κ1) is 14.3. The van der Waals surface area contributed by atoms with Gasteiger partial charge in [-0.25, -0.2) is 4.98 Å². The molecule has 0 atom stereocenters. The van der Waals surface area contributed by atoms with Crippen molar-refractivity contribution < 1.29 is 9.66 Å². The third kappa shape index (κ3) is 3.92. The predicted molar refractivity (Wildman–Crippen MR) is 78.3 cm³/mol. The molecular formula is C13H15N3O3S. The number of ether oxygens (including phenoxy) is 1. The van der Waals surface area contributed by atoms with Crippen LogP contribution in [0.15, 0.2) is 30.5 Å². The summed E-state index contributed by atoms with van der Waals surface area (Å²) in [4.78, 5) is 15.3. The smallest absolute Gasteiger partial charge is 0.269 e. The van der Waals surface area contributed by atoms with E-state index in [9.17, 15) is 10.1 Å². The number of anilines is 1. The monoisotopic (exact) mass is 293 g/mol. The van der Waals surface area contributed by atoms with E-state index in [1.807, 2.05) is 0 Å². The van der Waals surface area contributed by atoms with E-state index in [0.717, 1.165) is 23.0 Å². The van der Waals surface area contributed by atoms with Crippen molar-refractivity contribution in [3.05, 3.63) is 45.5 Å². The largest absolute Gasteiger partial charge is 0.488 e. The molecule has 6 nitrogen and oxygen atoms in total. The number of nitro groups is 1. The summed E-state index contributed by atoms with van der Waals surface area (Å²) in [6.07, 6.45) is 2.82. The SMILES string of the molecule is CCCNc1ncc(COc2ccc([N+](=O)[O-])cc2)s1. The van der Waals surface area contributed by atoms with Crippen LogP contribution in [0.25, 0.3) is 0 Å². The van der Waals surface area contributed by atoms with Gasteiger partial charge in [0.1, 0.15) is 12.4 Å². The number of hydrogen-bond donors (Lipinski definition) is 1. The molecule has 0 saturated carbocycles. The zero-order valence-corrected chi connectivity index (χ0v) is 11.9. The van der Waals surface area contributed by atoms with Crippen molar-refractivity contribution in [1.29, 1.82) is 0 Å². The van der Waals surface area contributed by atoms with E-state index in [4.69, 9.17) is 4.74 Å². The number of non-ortho nitro benzene ring substituents is 1. The van der Waals surface area contributed by atoms with Gasteiger partial charge in [0.2, 0.25) is 0 Å². The molecule has 2 aromatic rings. The van der Waals surface area contributed by atoms with E-state index in [0.29, 0.717) is 12.4 Å². The Labute approximate surface area is 120 Å². The average Bonchev–Trinajstić information content (AvgIpc) is 2.91. The van der Waals surface area contributed by atoms with Gasteiger partial charge in [-0.3, -0.25) is 10.1 Å². The van der Waals surface area contributed by atoms with Crippen molar-refractivity contribution in [2.75, 3.05) is 11.9 Å². The van der Waals surface area contributed by atoms with Gasteiger partial charge < -0.3 is 10.1 Å². The molecule has 2 rings (SSSR count). The van der Waals surface area contributed by atoms with Crippen LogP contribution in [0.4, 0.5) is 10.8 Å². The van der Waals surface area contributed by atoms with Crippen molar-refractivity contribution in [3.63, 3.8) is 0 Å². The highest BCUT2D eigenvalue weighted by Gasteiger charge is 2.06. The zero-order chi connectivity index (χ0) is 14.4. The van der Waals surface area contributed by atoms with E-state index in [1.165, 1.54) is 12.1 Å². The molecule has 0 spiro atoms. The number of aromatic nitrogens is 1. The number of nitrogens with one attached hydrogen (secondary N) is 1. The minimum absolute atomic E-state index is 0.0567. The van der Waals surface area contributed by atoms with E-state index in [1.54, 1.807) is 29.7 Å². The van der Waals surface area contributed by atoms with Gasteiger partial charge in [0.25, 0.3) is 5.69 Å². The van der Waals surface area contributed by atoms with Gasteiger partial charge in [-0.05, 0) is 18.6 Å². The van der Waals surface area contributed by atoms with Crippen LogP contribution in [0.3, 0.4) is 0 Å². The van der Waals surface area contributed by atoms with Crippen LogP contribution in [-0.4, -0.2) is 16.5 Å². The van der Waals surface area contributed by atoms with Gasteiger partial charge in [-0.2, -0.15) is 0 Å². The standard InChI is InChI=1S/C13H15N3O3S/c1-2-7-14-13-15-8-12(20-13)9-19-11-5-3-10(4-6-11)16(17)18/h3-6,8H,2,7,9H2,1H3,(H,14,15). The van der Waals surface area contributed by atoms with Crippen LogP contribution in [0.1, 0.15) is 18.2 Å². The maximum atomic E-state index is 10.5. The summed E-state index contributed by atoms with van der Waals surface area (Å²) in [5.41, 5.74) is 0.0567. The summed E-state index contributed by atoms with van der Waals surface area (Å²) in [7, 11) is 0. The first-order chi connectivity index (χ1) is 9.69. The van der Waals surface area contributed by atoms with Gasteiger partial charge in [-0.1, -0.05) is 18.3 Å². The number of nitrogens with zero attached hydrogens (tertiary/aromatic N) is 2. The Morgan fingerprint density at radius 3 is 2.80 bits per heavy atom. The molecule has 1 N–H and O–H groups in total. The maximum absolute atomic E-state index is 10.5. The first-order valence-corrected chi connectivity index (χ1v) is 7.06. The lowest BCUT2D eigenvalue weighted by molar-refractivity contribution is -0.384. The number of rotatable bonds is 7. The Morgan fingerprint density at radius 2 is 2.15 bits per heavy atom. The van der Waals surface area contributed by atoms with Gasteiger partial charge in [0, 0.05) is 24.9 Å². The van der Waals surface area contributed by atoms with E-state index < -0.39 is 4.92 Å². The van der Waals surface area contributed by atoms with Crippen LogP contribution >= 0.6 is 11.3 Å².